The molecule has 0 radical (unpaired) electrons. The van der Waals surface area contributed by atoms with Gasteiger partial charge in [-0.2, -0.15) is 26.3 Å². The molecular formula is C26H33F6N3O4. The molecule has 1 spiro atoms. The van der Waals surface area contributed by atoms with Crippen molar-refractivity contribution in [3.05, 3.63) is 29.3 Å². The van der Waals surface area contributed by atoms with Crippen LogP contribution in [0.3, 0.4) is 0 Å². The topological polar surface area (TPSA) is 73.3 Å². The number of amides is 1. The highest BCUT2D eigenvalue weighted by Gasteiger charge is 2.45. The number of nitrogens with zero attached hydrogens (tertiary/aromatic N) is 3. The first-order chi connectivity index (χ1) is 18.2. The van der Waals surface area contributed by atoms with Crippen molar-refractivity contribution in [1.82, 2.24) is 9.80 Å². The average molecular weight is 566 g/mol. The number of hydrogen-bond acceptors (Lipinski definition) is 5. The van der Waals surface area contributed by atoms with Crippen molar-refractivity contribution in [2.45, 2.75) is 64.0 Å². The van der Waals surface area contributed by atoms with Gasteiger partial charge in [0.2, 0.25) is 0 Å². The quantitative estimate of drug-likeness (QED) is 0.484. The number of alkyl halides is 6. The Morgan fingerprint density at radius 1 is 1.03 bits per heavy atom. The second-order valence-electron chi connectivity index (χ2n) is 11.0. The molecular weight excluding hydrogens is 532 g/mol. The Morgan fingerprint density at radius 2 is 1.64 bits per heavy atom. The van der Waals surface area contributed by atoms with Crippen LogP contribution in [-0.2, 0) is 22.3 Å². The number of ether oxygens (including phenoxy) is 1. The molecule has 1 atom stereocenters. The molecule has 0 saturated carbocycles. The number of halogens is 6. The highest BCUT2D eigenvalue weighted by Crippen LogP contribution is 2.42. The van der Waals surface area contributed by atoms with Crippen LogP contribution in [0.1, 0.15) is 50.2 Å². The Balaban J connectivity index is 1.36. The first-order valence-electron chi connectivity index (χ1n) is 13.1. The maximum absolute atomic E-state index is 13.8. The SMILES string of the molecule is CC(OC(=O)N1CCC2(CCN(Cc3ccc(C(F)(F)F)c(N4CCC(C(=O)O)CC4)c3)CC2)C1)C(F)(F)F. The zero-order valence-electron chi connectivity index (χ0n) is 21.7. The van der Waals surface area contributed by atoms with Crippen LogP contribution in [0.5, 0.6) is 0 Å². The molecule has 39 heavy (non-hydrogen) atoms. The minimum Gasteiger partial charge on any atom is -0.481 e. The molecule has 218 valence electrons. The summed E-state index contributed by atoms with van der Waals surface area (Å²) in [6.45, 7) is 3.62. The number of rotatable bonds is 5. The average Bonchev–Trinajstić information content (AvgIpc) is 3.28. The number of carbonyl (C=O) groups is 2. The van der Waals surface area contributed by atoms with E-state index in [1.54, 1.807) is 11.0 Å². The van der Waals surface area contributed by atoms with Gasteiger partial charge in [-0.25, -0.2) is 4.79 Å². The molecule has 13 heteroatoms. The van der Waals surface area contributed by atoms with E-state index in [1.807, 2.05) is 0 Å². The zero-order chi connectivity index (χ0) is 28.6. The fraction of sp³-hybridized carbons (Fsp3) is 0.692. The summed E-state index contributed by atoms with van der Waals surface area (Å²) in [6.07, 6.45) is -9.66. The summed E-state index contributed by atoms with van der Waals surface area (Å²) in [5.41, 5.74) is -0.172. The van der Waals surface area contributed by atoms with Crippen molar-refractivity contribution in [3.63, 3.8) is 0 Å². The van der Waals surface area contributed by atoms with Gasteiger partial charge in [-0.1, -0.05) is 6.07 Å². The van der Waals surface area contributed by atoms with E-state index in [9.17, 15) is 41.0 Å². The third kappa shape index (κ3) is 6.90. The van der Waals surface area contributed by atoms with E-state index >= 15 is 0 Å². The second kappa shape index (κ2) is 11.1. The lowest BCUT2D eigenvalue weighted by molar-refractivity contribution is -0.199. The molecule has 0 bridgehead atoms. The molecule has 1 amide bonds. The lowest BCUT2D eigenvalue weighted by atomic mass is 9.77. The van der Waals surface area contributed by atoms with Gasteiger partial charge in [0.15, 0.2) is 6.10 Å². The summed E-state index contributed by atoms with van der Waals surface area (Å²) < 4.78 is 84.1. The monoisotopic (exact) mass is 565 g/mol. The van der Waals surface area contributed by atoms with Crippen molar-refractivity contribution in [2.75, 3.05) is 44.2 Å². The highest BCUT2D eigenvalue weighted by molar-refractivity contribution is 5.70. The normalized spacial score (nSPS) is 21.8. The van der Waals surface area contributed by atoms with Crippen molar-refractivity contribution >= 4 is 17.7 Å². The molecule has 1 N–H and O–H groups in total. The van der Waals surface area contributed by atoms with Gasteiger partial charge in [0, 0.05) is 38.4 Å². The first-order valence-corrected chi connectivity index (χ1v) is 13.1. The second-order valence-corrected chi connectivity index (χ2v) is 11.0. The molecule has 0 aliphatic carbocycles. The van der Waals surface area contributed by atoms with Crippen molar-refractivity contribution in [1.29, 1.82) is 0 Å². The molecule has 4 rings (SSSR count). The molecule has 3 aliphatic rings. The van der Waals surface area contributed by atoms with Gasteiger partial charge in [0.1, 0.15) is 0 Å². The number of carboxylic acids is 1. The van der Waals surface area contributed by atoms with E-state index in [0.717, 1.165) is 13.0 Å². The van der Waals surface area contributed by atoms with Crippen LogP contribution in [0.4, 0.5) is 36.8 Å². The summed E-state index contributed by atoms with van der Waals surface area (Å²) in [5, 5.41) is 9.22. The minimum atomic E-state index is -4.62. The Kier molecular flexibility index (Phi) is 8.30. The third-order valence-electron chi connectivity index (χ3n) is 8.31. The Hall–Kier alpha value is -2.70. The van der Waals surface area contributed by atoms with Gasteiger partial charge < -0.3 is 19.6 Å². The molecule has 7 nitrogen and oxygen atoms in total. The predicted octanol–water partition coefficient (Wildman–Crippen LogP) is 5.38. The van der Waals surface area contributed by atoms with E-state index in [-0.39, 0.29) is 37.0 Å². The minimum absolute atomic E-state index is 0.0651. The number of piperidine rings is 2. The van der Waals surface area contributed by atoms with Crippen LogP contribution in [0.25, 0.3) is 0 Å². The number of carboxylic acid groups (broad SMARTS) is 1. The summed E-state index contributed by atoms with van der Waals surface area (Å²) >= 11 is 0. The largest absolute Gasteiger partial charge is 0.481 e. The molecule has 0 aromatic heterocycles. The maximum atomic E-state index is 13.8. The van der Waals surface area contributed by atoms with Crippen LogP contribution in [0.2, 0.25) is 0 Å². The van der Waals surface area contributed by atoms with E-state index in [2.05, 4.69) is 9.64 Å². The Labute approximate surface area is 222 Å². The summed E-state index contributed by atoms with van der Waals surface area (Å²) in [4.78, 5) is 28.5. The zero-order valence-corrected chi connectivity index (χ0v) is 21.7. The summed E-state index contributed by atoms with van der Waals surface area (Å²) in [5.74, 6) is -1.48. The first kappa shape index (κ1) is 29.3. The molecule has 1 aromatic rings. The number of hydrogen-bond donors (Lipinski definition) is 1. The number of likely N-dealkylation sites (tertiary alicyclic amines) is 2. The number of anilines is 1. The molecule has 3 aliphatic heterocycles. The smallest absolute Gasteiger partial charge is 0.425 e. The molecule has 1 unspecified atom stereocenters. The lowest BCUT2D eigenvalue weighted by Crippen LogP contribution is -2.43. The van der Waals surface area contributed by atoms with Gasteiger partial charge in [0.25, 0.3) is 0 Å². The van der Waals surface area contributed by atoms with Crippen molar-refractivity contribution in [3.8, 4) is 0 Å². The Morgan fingerprint density at radius 3 is 2.21 bits per heavy atom. The van der Waals surface area contributed by atoms with Crippen LogP contribution < -0.4 is 4.90 Å². The lowest BCUT2D eigenvalue weighted by Gasteiger charge is -2.39. The van der Waals surface area contributed by atoms with Crippen molar-refractivity contribution in [2.24, 2.45) is 11.3 Å². The van der Waals surface area contributed by atoms with Crippen LogP contribution in [0, 0.1) is 11.3 Å². The van der Waals surface area contributed by atoms with Gasteiger partial charge in [-0.15, -0.1) is 0 Å². The standard InChI is InChI=1S/C26H33F6N3O4/c1-17(25(27,28)29)39-23(38)35-13-8-24(16-35)6-11-33(12-7-24)15-18-2-3-20(26(30,31)32)21(14-18)34-9-4-19(5-10-34)22(36)37/h2-3,14,17,19H,4-13,15-16H2,1H3,(H,36,37). The molecule has 3 heterocycles. The van der Waals surface area contributed by atoms with Crippen molar-refractivity contribution < 1.29 is 45.8 Å². The fourth-order valence-electron chi connectivity index (χ4n) is 5.78. The van der Waals surface area contributed by atoms with Crippen LogP contribution >= 0.6 is 0 Å². The number of benzene rings is 1. The Bertz CT molecular complexity index is 1050. The summed E-state index contributed by atoms with van der Waals surface area (Å²) in [6, 6.07) is 4.10. The van der Waals surface area contributed by atoms with E-state index in [0.29, 0.717) is 57.5 Å². The molecule has 3 saturated heterocycles. The van der Waals surface area contributed by atoms with E-state index in [4.69, 9.17) is 0 Å². The maximum Gasteiger partial charge on any atom is 0.425 e. The molecule has 1 aromatic carbocycles. The van der Waals surface area contributed by atoms with E-state index < -0.39 is 42.0 Å². The third-order valence-corrected chi connectivity index (χ3v) is 8.31. The van der Waals surface area contributed by atoms with Gasteiger partial charge in [-0.3, -0.25) is 9.69 Å². The van der Waals surface area contributed by atoms with E-state index in [1.165, 1.54) is 11.0 Å². The summed E-state index contributed by atoms with van der Waals surface area (Å²) in [7, 11) is 0. The van der Waals surface area contributed by atoms with Crippen LogP contribution in [-0.4, -0.2) is 78.5 Å². The van der Waals surface area contributed by atoms with Gasteiger partial charge in [-0.05, 0) is 75.2 Å². The fourth-order valence-corrected chi connectivity index (χ4v) is 5.78. The van der Waals surface area contributed by atoms with Gasteiger partial charge >= 0.3 is 24.4 Å². The van der Waals surface area contributed by atoms with Crippen LogP contribution in [0.15, 0.2) is 18.2 Å². The molecule has 3 fully saturated rings. The predicted molar refractivity (Wildman–Crippen MR) is 129 cm³/mol. The van der Waals surface area contributed by atoms with Gasteiger partial charge in [0.05, 0.1) is 11.5 Å². The number of aliphatic carboxylic acids is 1. The number of carbonyl (C=O) groups excluding carboxylic acids is 1. The highest BCUT2D eigenvalue weighted by atomic mass is 19.4.